The Hall–Kier alpha value is -0.590. The minimum Gasteiger partial charge on any atom is -0.334 e. The topological polar surface area (TPSA) is 55.2 Å². The van der Waals surface area contributed by atoms with E-state index < -0.39 is 10.0 Å². The first-order chi connectivity index (χ1) is 9.43. The summed E-state index contributed by atoms with van der Waals surface area (Å²) in [6, 6.07) is 0. The van der Waals surface area contributed by atoms with Crippen LogP contribution in [0, 0.1) is 6.92 Å². The number of hydrogen-bond acceptors (Lipinski definition) is 3. The second-order valence-electron chi connectivity index (χ2n) is 4.90. The van der Waals surface area contributed by atoms with Gasteiger partial charge in [0.15, 0.2) is 5.03 Å². The predicted molar refractivity (Wildman–Crippen MR) is 81.6 cm³/mol. The number of alkyl halides is 1. The van der Waals surface area contributed by atoms with Crippen LogP contribution in [0.25, 0.3) is 0 Å². The lowest BCUT2D eigenvalue weighted by atomic mass is 10.2. The van der Waals surface area contributed by atoms with E-state index in [0.717, 1.165) is 38.1 Å². The van der Waals surface area contributed by atoms with Gasteiger partial charge in [-0.15, -0.1) is 11.6 Å². The molecule has 0 atom stereocenters. The van der Waals surface area contributed by atoms with Crippen molar-refractivity contribution in [1.82, 2.24) is 13.9 Å². The van der Waals surface area contributed by atoms with Crippen LogP contribution in [0.4, 0.5) is 0 Å². The molecule has 0 aliphatic rings. The van der Waals surface area contributed by atoms with Gasteiger partial charge in [-0.2, -0.15) is 4.31 Å². The molecular weight excluding hydrogens is 298 g/mol. The third-order valence-corrected chi connectivity index (χ3v) is 5.20. The number of aryl methyl sites for hydroxylation is 2. The van der Waals surface area contributed by atoms with E-state index >= 15 is 0 Å². The van der Waals surface area contributed by atoms with Crippen molar-refractivity contribution in [3.8, 4) is 0 Å². The molecule has 0 unspecified atom stereocenters. The molecule has 0 aliphatic carbocycles. The van der Waals surface area contributed by atoms with Crippen LogP contribution in [0.3, 0.4) is 0 Å². The van der Waals surface area contributed by atoms with Gasteiger partial charge < -0.3 is 4.57 Å². The zero-order chi connectivity index (χ0) is 15.2. The molecule has 116 valence electrons. The second-order valence-corrected chi connectivity index (χ2v) is 7.27. The summed E-state index contributed by atoms with van der Waals surface area (Å²) in [6.07, 6.45) is 5.25. The van der Waals surface area contributed by atoms with Crippen molar-refractivity contribution < 1.29 is 8.42 Å². The molecule has 5 nitrogen and oxygen atoms in total. The second kappa shape index (κ2) is 8.00. The van der Waals surface area contributed by atoms with Crippen molar-refractivity contribution >= 4 is 21.6 Å². The van der Waals surface area contributed by atoms with Gasteiger partial charge in [-0.05, 0) is 26.2 Å². The molecule has 7 heteroatoms. The standard InChI is InChI=1S/C13H24ClN3O2S/c1-4-9-17-11-13(15-12(17)2)20(18,19)16(3)10-7-5-6-8-14/h11H,4-10H2,1-3H3. The number of rotatable bonds is 9. The monoisotopic (exact) mass is 321 g/mol. The number of imidazole rings is 1. The van der Waals surface area contributed by atoms with Gasteiger partial charge in [-0.3, -0.25) is 0 Å². The third kappa shape index (κ3) is 4.46. The van der Waals surface area contributed by atoms with E-state index in [4.69, 9.17) is 11.6 Å². The van der Waals surface area contributed by atoms with Crippen LogP contribution in [0.1, 0.15) is 38.4 Å². The molecule has 0 N–H and O–H groups in total. The fourth-order valence-corrected chi connectivity index (χ4v) is 3.34. The number of unbranched alkanes of at least 4 members (excludes halogenated alkanes) is 2. The molecule has 0 aliphatic heterocycles. The summed E-state index contributed by atoms with van der Waals surface area (Å²) in [7, 11) is -1.88. The average molecular weight is 322 g/mol. The van der Waals surface area contributed by atoms with Crippen LogP contribution in [-0.4, -0.2) is 41.7 Å². The van der Waals surface area contributed by atoms with Gasteiger partial charge in [0, 0.05) is 32.2 Å². The van der Waals surface area contributed by atoms with Crippen LogP contribution in [-0.2, 0) is 16.6 Å². The highest BCUT2D eigenvalue weighted by molar-refractivity contribution is 7.89. The first kappa shape index (κ1) is 17.5. The molecule has 0 spiro atoms. The van der Waals surface area contributed by atoms with Crippen LogP contribution in [0.2, 0.25) is 0 Å². The summed E-state index contributed by atoms with van der Waals surface area (Å²) < 4.78 is 28.0. The number of nitrogens with zero attached hydrogens (tertiary/aromatic N) is 3. The van der Waals surface area contributed by atoms with E-state index in [-0.39, 0.29) is 5.03 Å². The van der Waals surface area contributed by atoms with Gasteiger partial charge in [0.25, 0.3) is 10.0 Å². The molecule has 0 fully saturated rings. The molecule has 1 aromatic heterocycles. The quantitative estimate of drug-likeness (QED) is 0.519. The summed E-state index contributed by atoms with van der Waals surface area (Å²) in [5.41, 5.74) is 0. The fourth-order valence-electron chi connectivity index (χ4n) is 1.96. The maximum Gasteiger partial charge on any atom is 0.261 e. The lowest BCUT2D eigenvalue weighted by molar-refractivity contribution is 0.452. The third-order valence-electron chi connectivity index (χ3n) is 3.20. The van der Waals surface area contributed by atoms with E-state index in [1.807, 2.05) is 11.5 Å². The maximum atomic E-state index is 12.4. The minimum atomic E-state index is -3.48. The Kier molecular flexibility index (Phi) is 6.99. The zero-order valence-corrected chi connectivity index (χ0v) is 14.0. The summed E-state index contributed by atoms with van der Waals surface area (Å²) >= 11 is 5.61. The molecule has 0 saturated carbocycles. The number of aromatic nitrogens is 2. The Morgan fingerprint density at radius 1 is 1.35 bits per heavy atom. The zero-order valence-electron chi connectivity index (χ0n) is 12.5. The van der Waals surface area contributed by atoms with Gasteiger partial charge in [0.05, 0.1) is 0 Å². The van der Waals surface area contributed by atoms with Gasteiger partial charge in [-0.1, -0.05) is 13.3 Å². The van der Waals surface area contributed by atoms with Crippen molar-refractivity contribution in [2.24, 2.45) is 0 Å². The normalized spacial score (nSPS) is 12.2. The Morgan fingerprint density at radius 3 is 2.65 bits per heavy atom. The number of halogens is 1. The van der Waals surface area contributed by atoms with E-state index in [0.29, 0.717) is 12.4 Å². The highest BCUT2D eigenvalue weighted by Crippen LogP contribution is 2.15. The number of hydrogen-bond donors (Lipinski definition) is 0. The Balaban J connectivity index is 2.74. The smallest absolute Gasteiger partial charge is 0.261 e. The van der Waals surface area contributed by atoms with E-state index in [1.54, 1.807) is 13.2 Å². The molecule has 1 aromatic rings. The van der Waals surface area contributed by atoms with Crippen LogP contribution in [0.5, 0.6) is 0 Å². The molecule has 0 radical (unpaired) electrons. The molecule has 1 rings (SSSR count). The Labute approximate surface area is 127 Å². The summed E-state index contributed by atoms with van der Waals surface area (Å²) in [5, 5.41) is 0.142. The lowest BCUT2D eigenvalue weighted by Gasteiger charge is -2.15. The Morgan fingerprint density at radius 2 is 2.05 bits per heavy atom. The van der Waals surface area contributed by atoms with Gasteiger partial charge in [0.1, 0.15) is 5.82 Å². The SMILES string of the molecule is CCCn1cc(S(=O)(=O)N(C)CCCCCCl)nc1C. The molecule has 0 saturated heterocycles. The van der Waals surface area contributed by atoms with Crippen molar-refractivity contribution in [3.05, 3.63) is 12.0 Å². The molecule has 0 amide bonds. The van der Waals surface area contributed by atoms with Crippen LogP contribution < -0.4 is 0 Å². The Bertz CT molecular complexity index is 514. The van der Waals surface area contributed by atoms with Crippen LogP contribution >= 0.6 is 11.6 Å². The van der Waals surface area contributed by atoms with Gasteiger partial charge >= 0.3 is 0 Å². The summed E-state index contributed by atoms with van der Waals surface area (Å²) in [5.74, 6) is 1.36. The van der Waals surface area contributed by atoms with Crippen molar-refractivity contribution in [2.75, 3.05) is 19.5 Å². The maximum absolute atomic E-state index is 12.4. The fraction of sp³-hybridized carbons (Fsp3) is 0.769. The number of sulfonamides is 1. The van der Waals surface area contributed by atoms with E-state index in [1.165, 1.54) is 4.31 Å². The molecular formula is C13H24ClN3O2S. The van der Waals surface area contributed by atoms with Gasteiger partial charge in [-0.25, -0.2) is 13.4 Å². The van der Waals surface area contributed by atoms with Crippen molar-refractivity contribution in [1.29, 1.82) is 0 Å². The van der Waals surface area contributed by atoms with E-state index in [2.05, 4.69) is 11.9 Å². The average Bonchev–Trinajstić information content (AvgIpc) is 2.77. The lowest BCUT2D eigenvalue weighted by Crippen LogP contribution is -2.28. The van der Waals surface area contributed by atoms with Crippen molar-refractivity contribution in [3.63, 3.8) is 0 Å². The molecule has 0 aromatic carbocycles. The largest absolute Gasteiger partial charge is 0.334 e. The molecule has 0 bridgehead atoms. The van der Waals surface area contributed by atoms with Crippen LogP contribution in [0.15, 0.2) is 11.2 Å². The molecule has 1 heterocycles. The minimum absolute atomic E-state index is 0.142. The predicted octanol–water partition coefficient (Wildman–Crippen LogP) is 2.63. The molecule has 20 heavy (non-hydrogen) atoms. The van der Waals surface area contributed by atoms with Gasteiger partial charge in [0.2, 0.25) is 0 Å². The summed E-state index contributed by atoms with van der Waals surface area (Å²) in [4.78, 5) is 4.18. The highest BCUT2D eigenvalue weighted by Gasteiger charge is 2.24. The van der Waals surface area contributed by atoms with E-state index in [9.17, 15) is 8.42 Å². The first-order valence-electron chi connectivity index (χ1n) is 6.99. The summed E-state index contributed by atoms with van der Waals surface area (Å²) in [6.45, 7) is 5.17. The van der Waals surface area contributed by atoms with Crippen molar-refractivity contribution in [2.45, 2.75) is 51.1 Å². The highest BCUT2D eigenvalue weighted by atomic mass is 35.5. The first-order valence-corrected chi connectivity index (χ1v) is 8.97.